The number of para-hydroxylation sites is 1. The lowest BCUT2D eigenvalue weighted by Crippen LogP contribution is -2.31. The van der Waals surface area contributed by atoms with Crippen LogP contribution in [0.2, 0.25) is 0 Å². The van der Waals surface area contributed by atoms with E-state index >= 15 is 0 Å². The van der Waals surface area contributed by atoms with Crippen LogP contribution in [0.5, 0.6) is 17.2 Å². The fraction of sp³-hybridized carbons (Fsp3) is 0.194. The maximum Gasteiger partial charge on any atom is 0.344 e. The van der Waals surface area contributed by atoms with Gasteiger partial charge in [0.15, 0.2) is 22.8 Å². The van der Waals surface area contributed by atoms with Crippen molar-refractivity contribution in [2.75, 3.05) is 20.8 Å². The number of aromatic amines is 1. The number of ether oxygens (including phenoxy) is 3. The molecule has 9 nitrogen and oxygen atoms in total. The normalized spacial score (nSPS) is 15.9. The minimum atomic E-state index is -1.14. The smallest absolute Gasteiger partial charge is 0.344 e. The first-order chi connectivity index (χ1) is 20.3. The summed E-state index contributed by atoms with van der Waals surface area (Å²) in [6, 6.07) is 18.8. The largest absolute Gasteiger partial charge is 0.497 e. The molecule has 1 aliphatic rings. The summed E-state index contributed by atoms with van der Waals surface area (Å²) >= 11 is 4.71. The van der Waals surface area contributed by atoms with Gasteiger partial charge in [-0.2, -0.15) is 0 Å². The Balaban J connectivity index is 1.52. The fourth-order valence-electron chi connectivity index (χ4n) is 4.47. The summed E-state index contributed by atoms with van der Waals surface area (Å²) in [5.74, 6) is -0.0754. The number of carbonyl (C=O) groups excluding carboxylic acids is 1. The zero-order valence-electron chi connectivity index (χ0n) is 23.1. The average Bonchev–Trinajstić information content (AvgIpc) is 3.53. The molecule has 1 fully saturated rings. The van der Waals surface area contributed by atoms with Crippen molar-refractivity contribution < 1.29 is 28.9 Å². The summed E-state index contributed by atoms with van der Waals surface area (Å²) in [7, 11) is 3.07. The first-order valence-corrected chi connectivity index (χ1v) is 14.6. The molecule has 0 aliphatic carbocycles. The van der Waals surface area contributed by atoms with Gasteiger partial charge in [-0.3, -0.25) is 9.69 Å². The predicted molar refractivity (Wildman–Crippen MR) is 168 cm³/mol. The molecule has 42 heavy (non-hydrogen) atoms. The molecule has 1 unspecified atom stereocenters. The Morgan fingerprint density at radius 1 is 1.14 bits per heavy atom. The van der Waals surface area contributed by atoms with Gasteiger partial charge in [0, 0.05) is 33.7 Å². The molecule has 0 radical (unpaired) electrons. The van der Waals surface area contributed by atoms with Gasteiger partial charge >= 0.3 is 5.97 Å². The van der Waals surface area contributed by atoms with Crippen LogP contribution in [-0.2, 0) is 16.0 Å². The Kier molecular flexibility index (Phi) is 8.89. The number of halogens is 1. The summed E-state index contributed by atoms with van der Waals surface area (Å²) < 4.78 is 17.2. The third-order valence-corrected chi connectivity index (χ3v) is 8.13. The van der Waals surface area contributed by atoms with E-state index in [1.165, 1.54) is 25.8 Å². The zero-order chi connectivity index (χ0) is 29.8. The highest BCUT2D eigenvalue weighted by Gasteiger charge is 2.34. The summed E-state index contributed by atoms with van der Waals surface area (Å²) in [5.41, 5.74) is 3.30. The van der Waals surface area contributed by atoms with Crippen molar-refractivity contribution in [1.29, 1.82) is 0 Å². The number of nitrogens with one attached hydrogen (secondary N) is 1. The van der Waals surface area contributed by atoms with Gasteiger partial charge in [0.05, 0.1) is 24.8 Å². The monoisotopic (exact) mass is 649 g/mol. The van der Waals surface area contributed by atoms with Crippen molar-refractivity contribution in [1.82, 2.24) is 9.88 Å². The number of aliphatic imine (C=N–C) groups is 1. The standard InChI is InChI=1S/C31H28BrN3O6S/c1-18(30(37)38)41-28-20(14-21(32)16-26(28)40-3)15-27-29(36)35(13-12-19-17-33-25-7-5-4-6-24(19)25)31(42-27)34-22-8-10-23(39-2)11-9-22/h4-11,14-18,33H,12-13H2,1-3H3,(H,37,38). The minimum absolute atomic E-state index is 0.219. The number of aliphatic carboxylic acids is 1. The Labute approximate surface area is 255 Å². The Morgan fingerprint density at radius 2 is 1.90 bits per heavy atom. The van der Waals surface area contributed by atoms with E-state index < -0.39 is 12.1 Å². The second-order valence-corrected chi connectivity index (χ2v) is 11.3. The van der Waals surface area contributed by atoms with Crippen LogP contribution in [0, 0.1) is 0 Å². The molecule has 4 aromatic rings. The van der Waals surface area contributed by atoms with E-state index in [9.17, 15) is 14.7 Å². The van der Waals surface area contributed by atoms with E-state index in [2.05, 4.69) is 27.0 Å². The number of carboxylic acids is 1. The summed E-state index contributed by atoms with van der Waals surface area (Å²) in [6.07, 6.45) is 3.12. The van der Waals surface area contributed by atoms with Gasteiger partial charge in [-0.15, -0.1) is 0 Å². The maximum absolute atomic E-state index is 13.9. The number of thioether (sulfide) groups is 1. The highest BCUT2D eigenvalue weighted by atomic mass is 79.9. The number of aromatic nitrogens is 1. The van der Waals surface area contributed by atoms with E-state index in [0.717, 1.165) is 16.5 Å². The predicted octanol–water partition coefficient (Wildman–Crippen LogP) is 6.65. The van der Waals surface area contributed by atoms with Crippen LogP contribution < -0.4 is 14.2 Å². The molecule has 1 aliphatic heterocycles. The van der Waals surface area contributed by atoms with Crippen molar-refractivity contribution in [2.24, 2.45) is 4.99 Å². The van der Waals surface area contributed by atoms with E-state index in [0.29, 0.717) is 50.3 Å². The number of hydrogen-bond donors (Lipinski definition) is 2. The quantitative estimate of drug-likeness (QED) is 0.185. The first-order valence-electron chi connectivity index (χ1n) is 13.0. The number of carbonyl (C=O) groups is 2. The third kappa shape index (κ3) is 6.32. The molecular weight excluding hydrogens is 622 g/mol. The van der Waals surface area contributed by atoms with E-state index in [-0.39, 0.29) is 11.7 Å². The van der Waals surface area contributed by atoms with E-state index in [1.807, 2.05) is 48.7 Å². The number of nitrogens with zero attached hydrogens (tertiary/aromatic N) is 2. The molecule has 216 valence electrons. The lowest BCUT2D eigenvalue weighted by molar-refractivity contribution is -0.144. The molecule has 1 aromatic heterocycles. The van der Waals surface area contributed by atoms with Gasteiger partial charge in [-0.1, -0.05) is 34.1 Å². The Bertz CT molecular complexity index is 1700. The number of amidine groups is 1. The molecule has 5 rings (SSSR count). The third-order valence-electron chi connectivity index (χ3n) is 6.66. The molecule has 0 saturated carbocycles. The van der Waals surface area contributed by atoms with Crippen LogP contribution in [0.4, 0.5) is 5.69 Å². The summed E-state index contributed by atoms with van der Waals surface area (Å²) in [4.78, 5) is 35.6. The van der Waals surface area contributed by atoms with Crippen molar-refractivity contribution >= 4 is 67.4 Å². The van der Waals surface area contributed by atoms with E-state index in [4.69, 9.17) is 19.2 Å². The molecule has 2 heterocycles. The van der Waals surface area contributed by atoms with Gasteiger partial charge in [0.25, 0.3) is 5.91 Å². The highest BCUT2D eigenvalue weighted by molar-refractivity contribution is 9.10. The molecule has 0 bridgehead atoms. The molecule has 1 saturated heterocycles. The summed E-state index contributed by atoms with van der Waals surface area (Å²) in [6.45, 7) is 1.84. The van der Waals surface area contributed by atoms with E-state index in [1.54, 1.807) is 30.2 Å². The lowest BCUT2D eigenvalue weighted by Gasteiger charge is -2.17. The number of carboxylic acid groups (broad SMARTS) is 1. The summed E-state index contributed by atoms with van der Waals surface area (Å²) in [5, 5.41) is 11.1. The number of benzene rings is 3. The van der Waals surface area contributed by atoms with Gasteiger partial charge in [0.2, 0.25) is 0 Å². The van der Waals surface area contributed by atoms with Crippen molar-refractivity contribution in [2.45, 2.75) is 19.4 Å². The van der Waals surface area contributed by atoms with Gasteiger partial charge < -0.3 is 24.3 Å². The topological polar surface area (TPSA) is 113 Å². The molecular formula is C31H28BrN3O6S. The lowest BCUT2D eigenvalue weighted by atomic mass is 10.1. The van der Waals surface area contributed by atoms with Crippen LogP contribution in [0.3, 0.4) is 0 Å². The number of methoxy groups -OCH3 is 2. The number of H-pyrrole nitrogens is 1. The van der Waals surface area contributed by atoms with Crippen LogP contribution in [-0.4, -0.2) is 58.9 Å². The fourth-order valence-corrected chi connectivity index (χ4v) is 5.94. The second-order valence-electron chi connectivity index (χ2n) is 9.39. The van der Waals surface area contributed by atoms with Crippen molar-refractivity contribution in [3.8, 4) is 17.2 Å². The zero-order valence-corrected chi connectivity index (χ0v) is 25.5. The van der Waals surface area contributed by atoms with Gasteiger partial charge in [0.1, 0.15) is 5.75 Å². The molecule has 3 aromatic carbocycles. The van der Waals surface area contributed by atoms with Crippen LogP contribution >= 0.6 is 27.7 Å². The number of amides is 1. The van der Waals surface area contributed by atoms with Crippen LogP contribution in [0.25, 0.3) is 17.0 Å². The molecule has 0 spiro atoms. The molecule has 11 heteroatoms. The molecule has 1 atom stereocenters. The first kappa shape index (κ1) is 29.3. The maximum atomic E-state index is 13.9. The SMILES string of the molecule is COc1ccc(N=C2SC(=Cc3cc(Br)cc(OC)c3OC(C)C(=O)O)C(=O)N2CCc2c[nH]c3ccccc23)cc1. The Morgan fingerprint density at radius 3 is 2.62 bits per heavy atom. The Hall–Kier alpha value is -4.22. The van der Waals surface area contributed by atoms with Crippen molar-refractivity contribution in [3.05, 3.63) is 87.4 Å². The van der Waals surface area contributed by atoms with Crippen LogP contribution in [0.15, 0.2) is 81.2 Å². The van der Waals surface area contributed by atoms with Crippen molar-refractivity contribution in [3.63, 3.8) is 0 Å². The average molecular weight is 651 g/mol. The van der Waals surface area contributed by atoms with Gasteiger partial charge in [-0.25, -0.2) is 9.79 Å². The number of rotatable bonds is 10. The number of fused-ring (bicyclic) bond motifs is 1. The molecule has 2 N–H and O–H groups in total. The van der Waals surface area contributed by atoms with Crippen LogP contribution in [0.1, 0.15) is 18.1 Å². The molecule has 1 amide bonds. The highest BCUT2D eigenvalue weighted by Crippen LogP contribution is 2.40. The number of hydrogen-bond acceptors (Lipinski definition) is 7. The minimum Gasteiger partial charge on any atom is -0.497 e. The van der Waals surface area contributed by atoms with Gasteiger partial charge in [-0.05, 0) is 79.2 Å². The second kappa shape index (κ2) is 12.7.